The van der Waals surface area contributed by atoms with Gasteiger partial charge in [-0.3, -0.25) is 0 Å². The first-order chi connectivity index (χ1) is 16.5. The Morgan fingerprint density at radius 3 is 2.38 bits per heavy atom. The Hall–Kier alpha value is -3.16. The molecule has 0 amide bonds. The third-order valence-corrected chi connectivity index (χ3v) is 7.95. The van der Waals surface area contributed by atoms with Crippen molar-refractivity contribution in [1.82, 2.24) is 4.58 Å². The molecular formula is C27H26N2O4S. The van der Waals surface area contributed by atoms with Gasteiger partial charge in [-0.25, -0.2) is 13.0 Å². The van der Waals surface area contributed by atoms with Gasteiger partial charge in [-0.15, -0.1) is 0 Å². The van der Waals surface area contributed by atoms with Gasteiger partial charge in [0.1, 0.15) is 34.6 Å². The average Bonchev–Trinajstić information content (AvgIpc) is 3.56. The number of hydrogen-bond donors (Lipinski definition) is 0. The molecule has 0 radical (unpaired) electrons. The first kappa shape index (κ1) is 21.4. The first-order valence-corrected chi connectivity index (χ1v) is 13.3. The molecule has 6 nitrogen and oxygen atoms in total. The van der Waals surface area contributed by atoms with Gasteiger partial charge in [-0.05, 0) is 37.1 Å². The van der Waals surface area contributed by atoms with Crippen LogP contribution in [0.1, 0.15) is 25.7 Å². The minimum absolute atomic E-state index is 0.212. The van der Waals surface area contributed by atoms with E-state index in [-0.39, 0.29) is 4.90 Å². The molecule has 7 heteroatoms. The molecule has 4 aliphatic rings. The Morgan fingerprint density at radius 1 is 0.853 bits per heavy atom. The van der Waals surface area contributed by atoms with Crippen molar-refractivity contribution in [1.29, 1.82) is 0 Å². The van der Waals surface area contributed by atoms with Gasteiger partial charge in [0.05, 0.1) is 11.0 Å². The Labute approximate surface area is 198 Å². The van der Waals surface area contributed by atoms with Crippen molar-refractivity contribution < 1.29 is 17.4 Å². The molecule has 0 atom stereocenters. The predicted octanol–water partition coefficient (Wildman–Crippen LogP) is 4.27. The summed E-state index contributed by atoms with van der Waals surface area (Å²) in [5, 5.41) is 1.89. The molecule has 3 aliphatic heterocycles. The van der Waals surface area contributed by atoms with Crippen molar-refractivity contribution in [2.75, 3.05) is 31.1 Å². The average molecular weight is 475 g/mol. The molecule has 0 N–H and O–H groups in total. The monoisotopic (exact) mass is 474 g/mol. The molecule has 0 saturated carbocycles. The zero-order valence-corrected chi connectivity index (χ0v) is 19.7. The van der Waals surface area contributed by atoms with Crippen LogP contribution >= 0.6 is 0 Å². The lowest BCUT2D eigenvalue weighted by Crippen LogP contribution is -2.26. The summed E-state index contributed by atoms with van der Waals surface area (Å²) in [5.74, 6) is 0.684. The molecule has 2 saturated heterocycles. The van der Waals surface area contributed by atoms with E-state index in [0.717, 1.165) is 48.2 Å². The molecule has 2 aromatic carbocycles. The number of anilines is 1. The number of rotatable bonds is 3. The van der Waals surface area contributed by atoms with Crippen LogP contribution in [0.4, 0.5) is 5.69 Å². The van der Waals surface area contributed by atoms with Gasteiger partial charge in [0.2, 0.25) is 5.36 Å². The molecule has 6 rings (SSSR count). The lowest BCUT2D eigenvalue weighted by atomic mass is 9.93. The summed E-state index contributed by atoms with van der Waals surface area (Å²) in [6.07, 6.45) is 4.69. The second-order valence-electron chi connectivity index (χ2n) is 9.18. The molecule has 3 heterocycles. The first-order valence-electron chi connectivity index (χ1n) is 11.9. The molecule has 0 spiro atoms. The van der Waals surface area contributed by atoms with Crippen LogP contribution in [0.15, 0.2) is 70.0 Å². The van der Waals surface area contributed by atoms with Crippen molar-refractivity contribution >= 4 is 26.8 Å². The normalized spacial score (nSPS) is 16.7. The standard InChI is InChI=1S/C27H26N2O4S/c30-34(31,32)26-8-2-1-7-23(26)27-21-11-9-19(28-13-3-4-14-28)17-24(21)33-25-18-20(10-12-22(25)27)29-15-5-6-16-29/h1-2,7-12,17-18H,3-6,13-16H2. The third-order valence-electron chi connectivity index (χ3n) is 7.06. The van der Waals surface area contributed by atoms with Crippen molar-refractivity contribution in [3.8, 4) is 22.5 Å². The van der Waals surface area contributed by atoms with Crippen LogP contribution in [0.5, 0.6) is 0 Å². The Morgan fingerprint density at radius 2 is 1.62 bits per heavy atom. The maximum atomic E-state index is 12.2. The van der Waals surface area contributed by atoms with Crippen LogP contribution in [0.25, 0.3) is 33.4 Å². The van der Waals surface area contributed by atoms with Crippen LogP contribution < -0.4 is 14.8 Å². The Balaban J connectivity index is 1.68. The smallest absolute Gasteiger partial charge is 0.203 e. The highest BCUT2D eigenvalue weighted by atomic mass is 32.2. The van der Waals surface area contributed by atoms with Crippen LogP contribution in [0, 0.1) is 0 Å². The fourth-order valence-electron chi connectivity index (χ4n) is 5.39. The van der Waals surface area contributed by atoms with E-state index in [0.29, 0.717) is 22.5 Å². The fraction of sp³-hybridized carbons (Fsp3) is 0.296. The van der Waals surface area contributed by atoms with Crippen molar-refractivity contribution in [3.05, 3.63) is 66.0 Å². The molecule has 34 heavy (non-hydrogen) atoms. The zero-order chi connectivity index (χ0) is 23.3. The second-order valence-corrected chi connectivity index (χ2v) is 10.5. The van der Waals surface area contributed by atoms with Gasteiger partial charge in [-0.1, -0.05) is 18.2 Å². The molecule has 0 aromatic heterocycles. The van der Waals surface area contributed by atoms with E-state index in [2.05, 4.69) is 21.6 Å². The van der Waals surface area contributed by atoms with Gasteiger partial charge in [0, 0.05) is 65.8 Å². The van der Waals surface area contributed by atoms with E-state index < -0.39 is 10.1 Å². The maximum Gasteiger partial charge on any atom is 0.203 e. The quantitative estimate of drug-likeness (QED) is 0.252. The van der Waals surface area contributed by atoms with Crippen LogP contribution in [0.3, 0.4) is 0 Å². The largest absolute Gasteiger partial charge is 0.744 e. The Bertz CT molecular complexity index is 1540. The summed E-state index contributed by atoms with van der Waals surface area (Å²) in [5.41, 5.74) is 3.70. The minimum atomic E-state index is -4.66. The van der Waals surface area contributed by atoms with Crippen LogP contribution in [0.2, 0.25) is 0 Å². The molecule has 0 bridgehead atoms. The van der Waals surface area contributed by atoms with Gasteiger partial charge in [0.25, 0.3) is 0 Å². The topological polar surface area (TPSA) is 76.6 Å². The van der Waals surface area contributed by atoms with E-state index in [1.54, 1.807) is 18.2 Å². The Kier molecular flexibility index (Phi) is 5.19. The van der Waals surface area contributed by atoms with Gasteiger partial charge < -0.3 is 13.9 Å². The van der Waals surface area contributed by atoms with E-state index in [9.17, 15) is 13.0 Å². The summed E-state index contributed by atoms with van der Waals surface area (Å²) >= 11 is 0. The highest BCUT2D eigenvalue weighted by Crippen LogP contribution is 2.43. The zero-order valence-electron chi connectivity index (χ0n) is 18.9. The number of hydrogen-bond acceptors (Lipinski definition) is 5. The highest BCUT2D eigenvalue weighted by molar-refractivity contribution is 7.85. The molecular weight excluding hydrogens is 448 g/mol. The SMILES string of the molecule is O=S(=O)([O-])c1ccccc1-c1c2ccc(=[N+]3CCCC3)cc-2oc2cc(N3CCCC3)ccc12. The summed E-state index contributed by atoms with van der Waals surface area (Å²) < 4.78 is 45.3. The van der Waals surface area contributed by atoms with Gasteiger partial charge in [0.15, 0.2) is 0 Å². The highest BCUT2D eigenvalue weighted by Gasteiger charge is 2.23. The maximum absolute atomic E-state index is 12.2. The van der Waals surface area contributed by atoms with E-state index in [4.69, 9.17) is 4.42 Å². The molecule has 1 aliphatic carbocycles. The summed E-state index contributed by atoms with van der Waals surface area (Å²) in [4.78, 5) is 2.13. The van der Waals surface area contributed by atoms with Crippen LogP contribution in [-0.4, -0.2) is 39.1 Å². The lowest BCUT2D eigenvalue weighted by Gasteiger charge is -2.21. The van der Waals surface area contributed by atoms with Gasteiger partial charge in [-0.2, -0.15) is 0 Å². The predicted molar refractivity (Wildman–Crippen MR) is 132 cm³/mol. The summed E-state index contributed by atoms with van der Waals surface area (Å²) in [6, 6.07) is 18.6. The number of fused-ring (bicyclic) bond motifs is 2. The van der Waals surface area contributed by atoms with Gasteiger partial charge >= 0.3 is 0 Å². The number of benzene rings is 3. The van der Waals surface area contributed by atoms with Crippen LogP contribution in [-0.2, 0) is 10.1 Å². The fourth-order valence-corrected chi connectivity index (χ4v) is 6.08. The van der Waals surface area contributed by atoms with E-state index in [1.165, 1.54) is 31.7 Å². The molecule has 2 fully saturated rings. The summed E-state index contributed by atoms with van der Waals surface area (Å²) in [7, 11) is -4.66. The molecule has 0 unspecified atom stereocenters. The van der Waals surface area contributed by atoms with E-state index in [1.807, 2.05) is 24.3 Å². The molecule has 174 valence electrons. The summed E-state index contributed by atoms with van der Waals surface area (Å²) in [6.45, 7) is 4.06. The third kappa shape index (κ3) is 3.69. The number of nitrogens with zero attached hydrogens (tertiary/aromatic N) is 2. The minimum Gasteiger partial charge on any atom is -0.744 e. The molecule has 2 aromatic rings. The van der Waals surface area contributed by atoms with E-state index >= 15 is 0 Å². The second kappa shape index (κ2) is 8.25. The van der Waals surface area contributed by atoms with Crippen molar-refractivity contribution in [2.24, 2.45) is 0 Å². The van der Waals surface area contributed by atoms with Crippen molar-refractivity contribution in [3.63, 3.8) is 0 Å². The lowest BCUT2D eigenvalue weighted by molar-refractivity contribution is 0.463. The van der Waals surface area contributed by atoms with Crippen molar-refractivity contribution in [2.45, 2.75) is 30.6 Å².